The van der Waals surface area contributed by atoms with Gasteiger partial charge in [0.1, 0.15) is 12.1 Å². The third-order valence-electron chi connectivity index (χ3n) is 7.45. The van der Waals surface area contributed by atoms with Gasteiger partial charge in [-0.1, -0.05) is 63.6 Å². The number of nitrogens with one attached hydrogen (secondary N) is 3. The number of carbonyl (C=O) groups is 3. The first kappa shape index (κ1) is 39.0. The van der Waals surface area contributed by atoms with Gasteiger partial charge in [0.25, 0.3) is 0 Å². The summed E-state index contributed by atoms with van der Waals surface area (Å²) >= 11 is 0. The van der Waals surface area contributed by atoms with E-state index in [1.807, 2.05) is 24.3 Å². The third-order valence-corrected chi connectivity index (χ3v) is 7.45. The zero-order chi connectivity index (χ0) is 36.1. The molecule has 0 saturated heterocycles. The van der Waals surface area contributed by atoms with Crippen molar-refractivity contribution in [3.63, 3.8) is 0 Å². The fraction of sp³-hybridized carbons (Fsp3) is 0.486. The molecule has 1 aromatic heterocycles. The van der Waals surface area contributed by atoms with Crippen molar-refractivity contribution in [2.24, 2.45) is 4.99 Å². The second kappa shape index (κ2) is 18.3. The summed E-state index contributed by atoms with van der Waals surface area (Å²) in [4.78, 5) is 47.0. The van der Waals surface area contributed by atoms with Crippen LogP contribution >= 0.6 is 0 Å². The molecular weight excluding hydrogens is 651 g/mol. The highest BCUT2D eigenvalue weighted by atomic mass is 19.2. The zero-order valence-electron chi connectivity index (χ0n) is 28.1. The number of esters is 1. The molecule has 9 nitrogen and oxygen atoms in total. The number of unbranched alkanes of at least 4 members (excludes halogenated alkanes) is 6. The lowest BCUT2D eigenvalue weighted by Gasteiger charge is -2.24. The van der Waals surface area contributed by atoms with E-state index in [2.05, 4.69) is 32.3 Å². The molecule has 2 aromatic carbocycles. The Hall–Kier alpha value is -4.49. The molecule has 0 fully saturated rings. The number of carbonyl (C=O) groups excluding carboxylic acids is 3. The molecule has 3 N–H and O–H groups in total. The van der Waals surface area contributed by atoms with Crippen LogP contribution in [0.15, 0.2) is 35.5 Å². The molecule has 0 aliphatic rings. The van der Waals surface area contributed by atoms with Crippen LogP contribution in [0, 0.1) is 29.1 Å². The van der Waals surface area contributed by atoms with Crippen LogP contribution in [0.2, 0.25) is 0 Å². The molecule has 1 heterocycles. The van der Waals surface area contributed by atoms with Crippen LogP contribution in [0.5, 0.6) is 5.75 Å². The summed E-state index contributed by atoms with van der Waals surface area (Å²) in [5.41, 5.74) is 0.691. The standard InChI is InChI=1S/C35H43F5N4O5/c1-5-6-7-8-9-10-13-16-48-20-42-24(17-21-19-41-23-15-12-11-14-22(21)23)33(46)43-25(18-26(45)44-35(2,3)4)34(47)49-32-30(39)28(37)27(36)29(38)31(32)40/h11-12,14-15,19-20,24-25,41H,5-10,13,16-18H2,1-4H3,(H,43,46)(H,44,45)/t24-,25-/m0/s1. The highest BCUT2D eigenvalue weighted by molar-refractivity contribution is 5.93. The summed E-state index contributed by atoms with van der Waals surface area (Å²) in [6.45, 7) is 7.43. The van der Waals surface area contributed by atoms with Gasteiger partial charge < -0.3 is 25.1 Å². The van der Waals surface area contributed by atoms with Gasteiger partial charge in [-0.05, 0) is 38.8 Å². The number of amides is 2. The van der Waals surface area contributed by atoms with Crippen molar-refractivity contribution in [1.29, 1.82) is 0 Å². The van der Waals surface area contributed by atoms with Crippen molar-refractivity contribution in [3.05, 3.63) is 65.1 Å². The van der Waals surface area contributed by atoms with Gasteiger partial charge in [-0.2, -0.15) is 8.78 Å². The Kier molecular flexibility index (Phi) is 14.6. The summed E-state index contributed by atoms with van der Waals surface area (Å²) in [7, 11) is 0. The predicted molar refractivity (Wildman–Crippen MR) is 175 cm³/mol. The van der Waals surface area contributed by atoms with E-state index < -0.39 is 76.7 Å². The van der Waals surface area contributed by atoms with Crippen molar-refractivity contribution in [2.75, 3.05) is 6.61 Å². The number of aliphatic imine (C=N–C) groups is 1. The number of aromatic amines is 1. The molecule has 0 spiro atoms. The van der Waals surface area contributed by atoms with Crippen LogP contribution in [-0.4, -0.2) is 53.4 Å². The summed E-state index contributed by atoms with van der Waals surface area (Å²) < 4.78 is 80.1. The van der Waals surface area contributed by atoms with Crippen LogP contribution < -0.4 is 15.4 Å². The molecule has 0 radical (unpaired) electrons. The molecule has 0 unspecified atom stereocenters. The molecule has 0 aliphatic heterocycles. The monoisotopic (exact) mass is 694 g/mol. The van der Waals surface area contributed by atoms with E-state index in [1.54, 1.807) is 27.0 Å². The number of benzene rings is 2. The summed E-state index contributed by atoms with van der Waals surface area (Å²) in [5, 5.41) is 5.70. The van der Waals surface area contributed by atoms with Crippen LogP contribution in [0.1, 0.15) is 84.6 Å². The maximum atomic E-state index is 14.4. The lowest BCUT2D eigenvalue weighted by molar-refractivity contribution is -0.142. The number of ether oxygens (including phenoxy) is 2. The second-order valence-corrected chi connectivity index (χ2v) is 12.7. The fourth-order valence-corrected chi connectivity index (χ4v) is 5.00. The fourth-order valence-electron chi connectivity index (χ4n) is 5.00. The summed E-state index contributed by atoms with van der Waals surface area (Å²) in [6, 6.07) is 4.15. The minimum absolute atomic E-state index is 0.000725. The van der Waals surface area contributed by atoms with Gasteiger partial charge in [-0.25, -0.2) is 23.0 Å². The highest BCUT2D eigenvalue weighted by Crippen LogP contribution is 2.29. The topological polar surface area (TPSA) is 122 Å². The van der Waals surface area contributed by atoms with Crippen LogP contribution in [0.4, 0.5) is 22.0 Å². The summed E-state index contributed by atoms with van der Waals surface area (Å²) in [6.07, 6.45) is 9.48. The number of aromatic nitrogens is 1. The van der Waals surface area contributed by atoms with Crippen molar-refractivity contribution in [2.45, 2.75) is 103 Å². The van der Waals surface area contributed by atoms with E-state index >= 15 is 0 Å². The van der Waals surface area contributed by atoms with E-state index in [-0.39, 0.29) is 6.42 Å². The van der Waals surface area contributed by atoms with Gasteiger partial charge in [0.15, 0.2) is 6.40 Å². The van der Waals surface area contributed by atoms with E-state index in [9.17, 15) is 36.3 Å². The zero-order valence-corrected chi connectivity index (χ0v) is 28.1. The SMILES string of the molecule is CCCCCCCCCOC=N[C@@H](Cc1c[nH]c2ccccc12)C(=O)N[C@@H](CC(=O)NC(C)(C)C)C(=O)Oc1c(F)c(F)c(F)c(F)c1F. The molecule has 3 aromatic rings. The van der Waals surface area contributed by atoms with Crippen molar-refractivity contribution >= 4 is 35.1 Å². The molecule has 14 heteroatoms. The van der Waals surface area contributed by atoms with Crippen LogP contribution in [-0.2, 0) is 25.5 Å². The number of rotatable bonds is 18. The Balaban J connectivity index is 1.83. The van der Waals surface area contributed by atoms with E-state index in [0.717, 1.165) is 49.4 Å². The van der Waals surface area contributed by atoms with Crippen molar-refractivity contribution in [1.82, 2.24) is 15.6 Å². The number of hydrogen-bond donors (Lipinski definition) is 3. The van der Waals surface area contributed by atoms with E-state index in [1.165, 1.54) is 12.8 Å². The number of fused-ring (bicyclic) bond motifs is 1. The average molecular weight is 695 g/mol. The molecule has 0 bridgehead atoms. The molecule has 2 atom stereocenters. The number of nitrogens with zero attached hydrogens (tertiary/aromatic N) is 1. The lowest BCUT2D eigenvalue weighted by atomic mass is 10.0. The second-order valence-electron chi connectivity index (χ2n) is 12.7. The molecule has 0 aliphatic carbocycles. The Morgan fingerprint density at radius 3 is 2.16 bits per heavy atom. The van der Waals surface area contributed by atoms with E-state index in [4.69, 9.17) is 4.74 Å². The van der Waals surface area contributed by atoms with Gasteiger partial charge >= 0.3 is 5.97 Å². The number of halogens is 5. The Labute approximate surface area is 282 Å². The highest BCUT2D eigenvalue weighted by Gasteiger charge is 2.34. The van der Waals surface area contributed by atoms with Gasteiger partial charge in [-0.3, -0.25) is 9.59 Å². The van der Waals surface area contributed by atoms with E-state index in [0.29, 0.717) is 12.2 Å². The lowest BCUT2D eigenvalue weighted by Crippen LogP contribution is -2.51. The minimum atomic E-state index is -2.45. The quantitative estimate of drug-likeness (QED) is 0.0194. The largest absolute Gasteiger partial charge is 0.483 e. The van der Waals surface area contributed by atoms with Gasteiger partial charge in [-0.15, -0.1) is 0 Å². The normalized spacial score (nSPS) is 13.0. The molecule has 2 amide bonds. The number of hydrogen-bond acceptors (Lipinski definition) is 6. The van der Waals surface area contributed by atoms with Gasteiger partial charge in [0, 0.05) is 29.1 Å². The molecular formula is C35H43F5N4O5. The number of H-pyrrole nitrogens is 1. The third kappa shape index (κ3) is 11.6. The number of para-hydroxylation sites is 1. The molecule has 0 saturated carbocycles. The smallest absolute Gasteiger partial charge is 0.334 e. The minimum Gasteiger partial charge on any atom is -0.483 e. The molecule has 268 valence electrons. The maximum absolute atomic E-state index is 14.4. The van der Waals surface area contributed by atoms with Crippen LogP contribution in [0.25, 0.3) is 10.9 Å². The molecule has 3 rings (SSSR count). The first-order valence-electron chi connectivity index (χ1n) is 16.3. The summed E-state index contributed by atoms with van der Waals surface area (Å²) in [5.74, 6) is -17.1. The Morgan fingerprint density at radius 2 is 1.51 bits per heavy atom. The van der Waals surface area contributed by atoms with Crippen LogP contribution in [0.3, 0.4) is 0 Å². The average Bonchev–Trinajstić information content (AvgIpc) is 3.46. The Morgan fingerprint density at radius 1 is 0.898 bits per heavy atom. The first-order chi connectivity index (χ1) is 23.2. The Bertz CT molecular complexity index is 1590. The maximum Gasteiger partial charge on any atom is 0.334 e. The van der Waals surface area contributed by atoms with Gasteiger partial charge in [0.05, 0.1) is 13.0 Å². The predicted octanol–water partition coefficient (Wildman–Crippen LogP) is 6.97. The molecule has 49 heavy (non-hydrogen) atoms. The first-order valence-corrected chi connectivity index (χ1v) is 16.3. The van der Waals surface area contributed by atoms with Crippen molar-refractivity contribution in [3.8, 4) is 5.75 Å². The van der Waals surface area contributed by atoms with Crippen molar-refractivity contribution < 1.29 is 45.8 Å². The van der Waals surface area contributed by atoms with Gasteiger partial charge in [0.2, 0.25) is 46.6 Å².